The first-order valence-corrected chi connectivity index (χ1v) is 7.74. The molecular weight excluding hydrogens is 250 g/mol. The molecule has 5 heteroatoms. The fourth-order valence-corrected chi connectivity index (χ4v) is 2.93. The summed E-state index contributed by atoms with van der Waals surface area (Å²) in [5, 5.41) is 0. The molecule has 1 aromatic carbocycles. The monoisotopic (exact) mass is 269 g/mol. The Morgan fingerprint density at radius 1 is 1.11 bits per heavy atom. The molecule has 0 spiro atoms. The number of hydrogen-bond donors (Lipinski definition) is 1. The van der Waals surface area contributed by atoms with E-state index in [1.165, 1.54) is 6.42 Å². The fraction of sp³-hybridized carbons (Fsp3) is 0.538. The van der Waals surface area contributed by atoms with Crippen LogP contribution < -0.4 is 5.48 Å². The Morgan fingerprint density at radius 2 is 1.72 bits per heavy atom. The number of nitrogens with one attached hydrogen (secondary N) is 1. The summed E-state index contributed by atoms with van der Waals surface area (Å²) in [5.74, 6) is 0. The van der Waals surface area contributed by atoms with Gasteiger partial charge in [0.25, 0.3) is 0 Å². The van der Waals surface area contributed by atoms with E-state index in [0.29, 0.717) is 0 Å². The van der Waals surface area contributed by atoms with E-state index >= 15 is 0 Å². The van der Waals surface area contributed by atoms with Crippen molar-refractivity contribution in [3.05, 3.63) is 29.8 Å². The molecule has 0 heterocycles. The molecule has 4 nitrogen and oxygen atoms in total. The highest BCUT2D eigenvalue weighted by atomic mass is 32.2. The summed E-state index contributed by atoms with van der Waals surface area (Å²) in [6.07, 6.45) is 5.44. The summed E-state index contributed by atoms with van der Waals surface area (Å²) in [6.45, 7) is 1.91. The summed E-state index contributed by atoms with van der Waals surface area (Å²) in [5.41, 5.74) is 3.71. The van der Waals surface area contributed by atoms with Crippen LogP contribution in [0.25, 0.3) is 0 Å². The number of rotatable bonds is 4. The molecule has 100 valence electrons. The van der Waals surface area contributed by atoms with Crippen LogP contribution in [0.1, 0.15) is 37.7 Å². The molecule has 1 aliphatic rings. The average Bonchev–Trinajstić information content (AvgIpc) is 2.38. The zero-order valence-electron chi connectivity index (χ0n) is 10.6. The molecule has 0 aromatic heterocycles. The van der Waals surface area contributed by atoms with E-state index in [1.807, 2.05) is 6.92 Å². The van der Waals surface area contributed by atoms with Crippen molar-refractivity contribution in [3.63, 3.8) is 0 Å². The number of hydrogen-bond acceptors (Lipinski definition) is 4. The predicted molar refractivity (Wildman–Crippen MR) is 69.5 cm³/mol. The van der Waals surface area contributed by atoms with E-state index in [-0.39, 0.29) is 10.9 Å². The average molecular weight is 269 g/mol. The highest BCUT2D eigenvalue weighted by Crippen LogP contribution is 2.19. The first kappa shape index (κ1) is 13.5. The van der Waals surface area contributed by atoms with Crippen molar-refractivity contribution in [2.75, 3.05) is 0 Å². The normalized spacial score (nSPS) is 17.8. The zero-order valence-corrected chi connectivity index (χ0v) is 11.4. The molecule has 1 fully saturated rings. The van der Waals surface area contributed by atoms with Crippen molar-refractivity contribution < 1.29 is 12.7 Å². The molecule has 2 rings (SSSR count). The van der Waals surface area contributed by atoms with Gasteiger partial charge in [-0.2, -0.15) is 18.2 Å². The van der Waals surface area contributed by atoms with Crippen LogP contribution in [0, 0.1) is 6.92 Å². The van der Waals surface area contributed by atoms with Gasteiger partial charge in [-0.1, -0.05) is 37.0 Å². The third-order valence-electron chi connectivity index (χ3n) is 3.24. The van der Waals surface area contributed by atoms with Gasteiger partial charge in [0, 0.05) is 6.04 Å². The van der Waals surface area contributed by atoms with E-state index in [1.54, 1.807) is 24.3 Å². The van der Waals surface area contributed by atoms with Crippen LogP contribution in [-0.2, 0) is 14.4 Å². The van der Waals surface area contributed by atoms with Gasteiger partial charge in [-0.15, -0.1) is 0 Å². The van der Waals surface area contributed by atoms with Gasteiger partial charge in [-0.3, -0.25) is 0 Å². The third kappa shape index (κ3) is 3.54. The lowest BCUT2D eigenvalue weighted by Gasteiger charge is -2.21. The van der Waals surface area contributed by atoms with Crippen LogP contribution in [0.15, 0.2) is 29.2 Å². The SMILES string of the molecule is Cc1ccc(S(=O)(=O)ONC2CCCCC2)cc1. The second kappa shape index (κ2) is 5.82. The molecule has 0 saturated heterocycles. The van der Waals surface area contributed by atoms with Crippen molar-refractivity contribution in [1.29, 1.82) is 0 Å². The largest absolute Gasteiger partial charge is 0.312 e. The van der Waals surface area contributed by atoms with E-state index in [2.05, 4.69) is 5.48 Å². The highest BCUT2D eigenvalue weighted by molar-refractivity contribution is 7.86. The van der Waals surface area contributed by atoms with Gasteiger partial charge in [-0.25, -0.2) is 0 Å². The van der Waals surface area contributed by atoms with Crippen LogP contribution in [0.2, 0.25) is 0 Å². The first-order chi connectivity index (χ1) is 8.58. The van der Waals surface area contributed by atoms with Gasteiger partial charge in [-0.05, 0) is 31.9 Å². The smallest absolute Gasteiger partial charge is 0.192 e. The van der Waals surface area contributed by atoms with Crippen LogP contribution >= 0.6 is 0 Å². The Morgan fingerprint density at radius 3 is 2.33 bits per heavy atom. The van der Waals surface area contributed by atoms with Crippen molar-refractivity contribution in [3.8, 4) is 0 Å². The molecule has 0 bridgehead atoms. The van der Waals surface area contributed by atoms with E-state index in [4.69, 9.17) is 4.28 Å². The van der Waals surface area contributed by atoms with Gasteiger partial charge < -0.3 is 0 Å². The molecule has 1 aliphatic carbocycles. The molecule has 0 radical (unpaired) electrons. The van der Waals surface area contributed by atoms with Gasteiger partial charge in [0.15, 0.2) is 0 Å². The van der Waals surface area contributed by atoms with Crippen LogP contribution in [0.5, 0.6) is 0 Å². The molecule has 0 amide bonds. The molecule has 1 N–H and O–H groups in total. The summed E-state index contributed by atoms with van der Waals surface area (Å²) in [7, 11) is -3.69. The molecule has 18 heavy (non-hydrogen) atoms. The summed E-state index contributed by atoms with van der Waals surface area (Å²) in [4.78, 5) is 0.191. The first-order valence-electron chi connectivity index (χ1n) is 6.33. The summed E-state index contributed by atoms with van der Waals surface area (Å²) >= 11 is 0. The van der Waals surface area contributed by atoms with Gasteiger partial charge in [0.05, 0.1) is 4.90 Å². The Balaban J connectivity index is 1.96. The van der Waals surface area contributed by atoms with Gasteiger partial charge in [0.2, 0.25) is 0 Å². The Kier molecular flexibility index (Phi) is 4.37. The van der Waals surface area contributed by atoms with E-state index < -0.39 is 10.1 Å². The lowest BCUT2D eigenvalue weighted by molar-refractivity contribution is 0.140. The number of benzene rings is 1. The Labute approximate surface area is 108 Å². The Bertz CT molecular complexity index is 475. The quantitative estimate of drug-likeness (QED) is 0.853. The Hall–Kier alpha value is -0.910. The lowest BCUT2D eigenvalue weighted by atomic mass is 9.96. The molecule has 1 saturated carbocycles. The second-order valence-corrected chi connectivity index (χ2v) is 6.35. The van der Waals surface area contributed by atoms with Crippen molar-refractivity contribution in [2.45, 2.75) is 50.0 Å². The standard InChI is InChI=1S/C13H19NO3S/c1-11-7-9-13(10-8-11)18(15,16)17-14-12-5-3-2-4-6-12/h7-10,12,14H,2-6H2,1H3. The minimum Gasteiger partial charge on any atom is -0.192 e. The predicted octanol–water partition coefficient (Wildman–Crippen LogP) is 2.54. The lowest BCUT2D eigenvalue weighted by Crippen LogP contribution is -2.33. The maximum Gasteiger partial charge on any atom is 0.312 e. The molecular formula is C13H19NO3S. The van der Waals surface area contributed by atoms with Gasteiger partial charge >= 0.3 is 10.1 Å². The van der Waals surface area contributed by atoms with Crippen LogP contribution in [0.3, 0.4) is 0 Å². The summed E-state index contributed by atoms with van der Waals surface area (Å²) < 4.78 is 28.7. The molecule has 0 aliphatic heterocycles. The van der Waals surface area contributed by atoms with Crippen molar-refractivity contribution in [1.82, 2.24) is 5.48 Å². The number of hydroxylamine groups is 1. The summed E-state index contributed by atoms with van der Waals surface area (Å²) in [6, 6.07) is 6.80. The van der Waals surface area contributed by atoms with E-state index in [9.17, 15) is 8.42 Å². The second-order valence-electron chi connectivity index (χ2n) is 4.80. The van der Waals surface area contributed by atoms with Crippen molar-refractivity contribution >= 4 is 10.1 Å². The molecule has 0 atom stereocenters. The van der Waals surface area contributed by atoms with Crippen LogP contribution in [0.4, 0.5) is 0 Å². The highest BCUT2D eigenvalue weighted by Gasteiger charge is 2.19. The maximum absolute atomic E-state index is 11.9. The molecule has 0 unspecified atom stereocenters. The van der Waals surface area contributed by atoms with Gasteiger partial charge in [0.1, 0.15) is 0 Å². The fourth-order valence-electron chi connectivity index (χ4n) is 2.10. The maximum atomic E-state index is 11.9. The van der Waals surface area contributed by atoms with Crippen LogP contribution in [-0.4, -0.2) is 14.5 Å². The zero-order chi connectivity index (χ0) is 13.0. The topological polar surface area (TPSA) is 55.4 Å². The minimum absolute atomic E-state index is 0.152. The van der Waals surface area contributed by atoms with E-state index in [0.717, 1.165) is 31.2 Å². The minimum atomic E-state index is -3.69. The third-order valence-corrected chi connectivity index (χ3v) is 4.40. The van der Waals surface area contributed by atoms with Crippen molar-refractivity contribution in [2.24, 2.45) is 0 Å². The number of aryl methyl sites for hydroxylation is 1. The molecule has 1 aromatic rings.